The third-order valence-corrected chi connectivity index (χ3v) is 4.64. The van der Waals surface area contributed by atoms with E-state index >= 15 is 0 Å². The lowest BCUT2D eigenvalue weighted by Crippen LogP contribution is -2.00. The second-order valence-corrected chi connectivity index (χ2v) is 7.33. The van der Waals surface area contributed by atoms with Crippen LogP contribution < -0.4 is 9.47 Å². The van der Waals surface area contributed by atoms with Crippen LogP contribution in [-0.4, -0.2) is 28.2 Å². The molecule has 0 aliphatic carbocycles. The highest BCUT2D eigenvalue weighted by molar-refractivity contribution is 7.71. The number of aryl methyl sites for hydroxylation is 3. The SMILES string of the molecule is CCCc1n[nH]c(=S)n1/N=C\c1ccc(OCc2cc(C)cc(C)c2)c(OC)c1. The number of nitrogens with zero attached hydrogens (tertiary/aromatic N) is 3. The van der Waals surface area contributed by atoms with Gasteiger partial charge in [0.25, 0.3) is 0 Å². The highest BCUT2D eigenvalue weighted by atomic mass is 32.1. The maximum absolute atomic E-state index is 5.99. The normalized spacial score (nSPS) is 11.2. The van der Waals surface area contributed by atoms with Crippen molar-refractivity contribution in [2.45, 2.75) is 40.2 Å². The van der Waals surface area contributed by atoms with Crippen molar-refractivity contribution in [2.24, 2.45) is 5.10 Å². The van der Waals surface area contributed by atoms with Crippen LogP contribution in [0.15, 0.2) is 41.5 Å². The molecule has 0 unspecified atom stereocenters. The van der Waals surface area contributed by atoms with Gasteiger partial charge in [0.15, 0.2) is 17.3 Å². The first-order chi connectivity index (χ1) is 14.0. The first-order valence-electron chi connectivity index (χ1n) is 9.58. The van der Waals surface area contributed by atoms with Gasteiger partial charge in [-0.2, -0.15) is 14.9 Å². The summed E-state index contributed by atoms with van der Waals surface area (Å²) < 4.78 is 13.6. The molecule has 0 bridgehead atoms. The molecule has 6 nitrogen and oxygen atoms in total. The molecular formula is C22H26N4O2S. The van der Waals surface area contributed by atoms with E-state index in [0.717, 1.165) is 29.8 Å². The summed E-state index contributed by atoms with van der Waals surface area (Å²) in [5.41, 5.74) is 4.46. The predicted octanol–water partition coefficient (Wildman–Crippen LogP) is 4.98. The highest BCUT2D eigenvalue weighted by Crippen LogP contribution is 2.28. The molecule has 7 heteroatoms. The molecule has 1 heterocycles. The monoisotopic (exact) mass is 410 g/mol. The van der Waals surface area contributed by atoms with Crippen molar-refractivity contribution in [1.82, 2.24) is 14.9 Å². The van der Waals surface area contributed by atoms with Gasteiger partial charge in [0.05, 0.1) is 13.3 Å². The molecule has 0 saturated carbocycles. The van der Waals surface area contributed by atoms with Gasteiger partial charge in [0.2, 0.25) is 4.77 Å². The summed E-state index contributed by atoms with van der Waals surface area (Å²) in [6.07, 6.45) is 3.51. The summed E-state index contributed by atoms with van der Waals surface area (Å²) in [5.74, 6) is 2.16. The zero-order chi connectivity index (χ0) is 20.8. The standard InChI is InChI=1S/C22H26N4O2S/c1-5-6-21-24-25-22(29)26(21)23-13-17-7-8-19(20(12-17)27-4)28-14-18-10-15(2)9-16(3)11-18/h7-13H,5-6,14H2,1-4H3,(H,25,29)/b23-13-. The number of hydrogen-bond acceptors (Lipinski definition) is 5. The summed E-state index contributed by atoms with van der Waals surface area (Å²) in [4.78, 5) is 0. The van der Waals surface area contributed by atoms with E-state index in [9.17, 15) is 0 Å². The molecule has 0 saturated heterocycles. The molecule has 0 spiro atoms. The number of methoxy groups -OCH3 is 1. The Kier molecular flexibility index (Phi) is 6.82. The largest absolute Gasteiger partial charge is 0.493 e. The number of aromatic nitrogens is 3. The summed E-state index contributed by atoms with van der Waals surface area (Å²) >= 11 is 5.26. The minimum absolute atomic E-state index is 0.477. The molecule has 1 N–H and O–H groups in total. The van der Waals surface area contributed by atoms with Gasteiger partial charge >= 0.3 is 0 Å². The molecule has 0 aliphatic heterocycles. The Labute approximate surface area is 176 Å². The molecule has 3 rings (SSSR count). The topological polar surface area (TPSA) is 64.4 Å². The van der Waals surface area contributed by atoms with Gasteiger partial charge in [-0.3, -0.25) is 5.10 Å². The number of ether oxygens (including phenoxy) is 2. The molecule has 0 atom stereocenters. The summed E-state index contributed by atoms with van der Waals surface area (Å²) in [5, 5.41) is 11.5. The summed E-state index contributed by atoms with van der Waals surface area (Å²) in [6.45, 7) is 6.75. The number of aromatic amines is 1. The molecular weight excluding hydrogens is 384 g/mol. The molecule has 0 fully saturated rings. The lowest BCUT2D eigenvalue weighted by Gasteiger charge is -2.12. The molecule has 0 amide bonds. The molecule has 1 aromatic heterocycles. The minimum atomic E-state index is 0.477. The second kappa shape index (κ2) is 9.52. The average molecular weight is 411 g/mol. The lowest BCUT2D eigenvalue weighted by molar-refractivity contribution is 0.284. The van der Waals surface area contributed by atoms with Crippen molar-refractivity contribution in [3.8, 4) is 11.5 Å². The van der Waals surface area contributed by atoms with E-state index in [4.69, 9.17) is 21.7 Å². The van der Waals surface area contributed by atoms with Gasteiger partial charge in [-0.25, -0.2) is 0 Å². The number of benzene rings is 2. The highest BCUT2D eigenvalue weighted by Gasteiger charge is 2.07. The van der Waals surface area contributed by atoms with Crippen LogP contribution in [0.25, 0.3) is 0 Å². The van der Waals surface area contributed by atoms with Crippen LogP contribution in [0.2, 0.25) is 0 Å². The number of hydrogen-bond donors (Lipinski definition) is 1. The van der Waals surface area contributed by atoms with E-state index in [-0.39, 0.29) is 0 Å². The molecule has 152 valence electrons. The third kappa shape index (κ3) is 5.32. The Morgan fingerprint density at radius 2 is 1.90 bits per heavy atom. The van der Waals surface area contributed by atoms with Gasteiger partial charge in [-0.05, 0) is 61.8 Å². The Balaban J connectivity index is 1.76. The quantitative estimate of drug-likeness (QED) is 0.420. The molecule has 0 radical (unpaired) electrons. The fourth-order valence-corrected chi connectivity index (χ4v) is 3.35. The Hall–Kier alpha value is -2.93. The van der Waals surface area contributed by atoms with Crippen LogP contribution in [-0.2, 0) is 13.0 Å². The van der Waals surface area contributed by atoms with E-state index in [0.29, 0.717) is 22.9 Å². The summed E-state index contributed by atoms with van der Waals surface area (Å²) in [6, 6.07) is 12.1. The van der Waals surface area contributed by atoms with Crippen molar-refractivity contribution in [3.05, 3.63) is 69.2 Å². The van der Waals surface area contributed by atoms with Crippen LogP contribution in [0.3, 0.4) is 0 Å². The van der Waals surface area contributed by atoms with Gasteiger partial charge in [-0.1, -0.05) is 36.2 Å². The number of nitrogens with one attached hydrogen (secondary N) is 1. The molecule has 0 aliphatic rings. The third-order valence-electron chi connectivity index (χ3n) is 4.38. The average Bonchev–Trinajstić information content (AvgIpc) is 3.04. The maximum Gasteiger partial charge on any atom is 0.216 e. The Morgan fingerprint density at radius 3 is 2.59 bits per heavy atom. The van der Waals surface area contributed by atoms with Crippen molar-refractivity contribution in [1.29, 1.82) is 0 Å². The smallest absolute Gasteiger partial charge is 0.216 e. The van der Waals surface area contributed by atoms with Crippen LogP contribution in [0, 0.1) is 18.6 Å². The maximum atomic E-state index is 5.99. The van der Waals surface area contributed by atoms with Crippen LogP contribution in [0.1, 0.15) is 41.4 Å². The van der Waals surface area contributed by atoms with Gasteiger partial charge in [0, 0.05) is 6.42 Å². The Morgan fingerprint density at radius 1 is 1.14 bits per heavy atom. The summed E-state index contributed by atoms with van der Waals surface area (Å²) in [7, 11) is 1.63. The second-order valence-electron chi connectivity index (χ2n) is 6.95. The number of rotatable bonds is 8. The fourth-order valence-electron chi connectivity index (χ4n) is 3.15. The first-order valence-corrected chi connectivity index (χ1v) is 9.99. The van der Waals surface area contributed by atoms with E-state index in [1.54, 1.807) is 18.0 Å². The Bertz CT molecular complexity index is 1050. The van der Waals surface area contributed by atoms with E-state index in [1.165, 1.54) is 11.1 Å². The van der Waals surface area contributed by atoms with E-state index in [2.05, 4.69) is 54.3 Å². The van der Waals surface area contributed by atoms with Gasteiger partial charge in [-0.15, -0.1) is 0 Å². The van der Waals surface area contributed by atoms with Crippen LogP contribution in [0.4, 0.5) is 0 Å². The van der Waals surface area contributed by atoms with Gasteiger partial charge in [0.1, 0.15) is 6.61 Å². The molecule has 2 aromatic carbocycles. The molecule has 3 aromatic rings. The predicted molar refractivity (Wildman–Crippen MR) is 118 cm³/mol. The van der Waals surface area contributed by atoms with Crippen molar-refractivity contribution < 1.29 is 9.47 Å². The van der Waals surface area contributed by atoms with E-state index < -0.39 is 0 Å². The number of H-pyrrole nitrogens is 1. The van der Waals surface area contributed by atoms with Crippen LogP contribution in [0.5, 0.6) is 11.5 Å². The lowest BCUT2D eigenvalue weighted by atomic mass is 10.1. The minimum Gasteiger partial charge on any atom is -0.493 e. The molecule has 29 heavy (non-hydrogen) atoms. The zero-order valence-electron chi connectivity index (χ0n) is 17.2. The van der Waals surface area contributed by atoms with E-state index in [1.807, 2.05) is 18.2 Å². The van der Waals surface area contributed by atoms with Crippen molar-refractivity contribution in [2.75, 3.05) is 7.11 Å². The zero-order valence-corrected chi connectivity index (χ0v) is 18.0. The van der Waals surface area contributed by atoms with Crippen molar-refractivity contribution in [3.63, 3.8) is 0 Å². The van der Waals surface area contributed by atoms with Gasteiger partial charge < -0.3 is 9.47 Å². The first kappa shape index (κ1) is 20.8. The van der Waals surface area contributed by atoms with Crippen LogP contribution >= 0.6 is 12.2 Å². The van der Waals surface area contributed by atoms with Crippen molar-refractivity contribution >= 4 is 18.4 Å². The fraction of sp³-hybridized carbons (Fsp3) is 0.318.